The first-order valence-corrected chi connectivity index (χ1v) is 24.5. The van der Waals surface area contributed by atoms with E-state index in [4.69, 9.17) is 9.98 Å². The summed E-state index contributed by atoms with van der Waals surface area (Å²) in [4.78, 5) is 11.3. The molecule has 0 N–H and O–H groups in total. The lowest BCUT2D eigenvalue weighted by Gasteiger charge is -2.14. The van der Waals surface area contributed by atoms with Gasteiger partial charge in [0.1, 0.15) is 0 Å². The molecule has 2 nitrogen and oxygen atoms in total. The van der Waals surface area contributed by atoms with Gasteiger partial charge in [0.25, 0.3) is 0 Å². The van der Waals surface area contributed by atoms with Gasteiger partial charge >= 0.3 is 0 Å². The molecule has 0 radical (unpaired) electrons. The Morgan fingerprint density at radius 1 is 0.291 bits per heavy atom. The summed E-state index contributed by atoms with van der Waals surface area (Å²) in [6, 6.07) is 14.6. The van der Waals surface area contributed by atoms with Crippen molar-refractivity contribution in [3.63, 3.8) is 0 Å². The minimum absolute atomic E-state index is 1.03. The van der Waals surface area contributed by atoms with E-state index in [0.29, 0.717) is 0 Å². The Hall–Kier alpha value is -2.22. The minimum atomic E-state index is 1.03. The van der Waals surface area contributed by atoms with Gasteiger partial charge in [-0.05, 0) is 124 Å². The van der Waals surface area contributed by atoms with Crippen LogP contribution in [0.3, 0.4) is 0 Å². The molecule has 0 spiro atoms. The van der Waals surface area contributed by atoms with Crippen molar-refractivity contribution in [1.82, 2.24) is 0 Å². The molecule has 0 saturated carbocycles. The maximum Gasteiger partial charge on any atom is 0.0639 e. The van der Waals surface area contributed by atoms with Crippen molar-refractivity contribution in [3.05, 3.63) is 58.7 Å². The van der Waals surface area contributed by atoms with Crippen molar-refractivity contribution < 1.29 is 0 Å². The number of aryl methyl sites for hydroxylation is 4. The molecule has 0 aliphatic carbocycles. The molecule has 0 bridgehead atoms. The van der Waals surface area contributed by atoms with Gasteiger partial charge in [0.2, 0.25) is 0 Å². The van der Waals surface area contributed by atoms with Crippen LogP contribution in [0.15, 0.2) is 46.4 Å². The third kappa shape index (κ3) is 24.2. The summed E-state index contributed by atoms with van der Waals surface area (Å²) in [5.74, 6) is 0. The van der Waals surface area contributed by atoms with Crippen LogP contribution in [-0.4, -0.2) is 11.4 Å². The zero-order valence-electron chi connectivity index (χ0n) is 37.7. The molecule has 0 aliphatic rings. The molecule has 0 saturated heterocycles. The summed E-state index contributed by atoms with van der Waals surface area (Å²) in [7, 11) is 0. The van der Waals surface area contributed by atoms with Crippen LogP contribution >= 0.6 is 0 Å². The fraction of sp³-hybridized carbons (Fsp3) is 0.736. The van der Waals surface area contributed by atoms with Crippen LogP contribution in [0.5, 0.6) is 0 Å². The van der Waals surface area contributed by atoms with Gasteiger partial charge in [-0.15, -0.1) is 0 Å². The van der Waals surface area contributed by atoms with E-state index in [0.717, 1.165) is 38.5 Å². The van der Waals surface area contributed by atoms with E-state index >= 15 is 0 Å². The second-order valence-corrected chi connectivity index (χ2v) is 17.1. The molecular weight excluding hydrogens is 665 g/mol. The lowest BCUT2D eigenvalue weighted by atomic mass is 9.98. The Labute approximate surface area is 343 Å². The van der Waals surface area contributed by atoms with E-state index in [-0.39, 0.29) is 0 Å². The first kappa shape index (κ1) is 48.9. The molecular formula is C53H90N2. The molecule has 0 aromatic heterocycles. The number of benzene rings is 2. The minimum Gasteiger partial charge on any atom is -0.252 e. The number of rotatable bonds is 36. The van der Waals surface area contributed by atoms with E-state index in [2.05, 4.69) is 77.9 Å². The predicted molar refractivity (Wildman–Crippen MR) is 250 cm³/mol. The van der Waals surface area contributed by atoms with Crippen LogP contribution in [0.1, 0.15) is 250 Å². The SMILES string of the molecule is CCCCCCCCCCCCCCCC(=Nc1cc(CCCC)cc(CCCC)c1)C(CCCCCCCC)=Nc1cc(CCCC)cc(CCCC)c1. The number of nitrogens with zero attached hydrogens (tertiary/aromatic N) is 2. The summed E-state index contributed by atoms with van der Waals surface area (Å²) in [6.45, 7) is 13.9. The standard InChI is InChI=1S/C53H90N2/c1-7-13-19-21-23-24-25-26-27-28-29-31-33-39-53(55-51-44-48(36-17-11-5)41-49(45-51)37-18-12-6)52(38-32-30-22-20-14-8-2)54-50-42-46(34-15-9-3)40-47(43-50)35-16-10-4/h40-45H,7-39H2,1-6H3. The van der Waals surface area contributed by atoms with E-state index < -0.39 is 0 Å². The maximum absolute atomic E-state index is 5.65. The number of hydrogen-bond acceptors (Lipinski definition) is 2. The van der Waals surface area contributed by atoms with Crippen molar-refractivity contribution in [2.24, 2.45) is 9.98 Å². The zero-order chi connectivity index (χ0) is 39.6. The van der Waals surface area contributed by atoms with Gasteiger partial charge < -0.3 is 0 Å². The Bertz CT molecular complexity index is 1220. The van der Waals surface area contributed by atoms with Crippen LogP contribution in [0.25, 0.3) is 0 Å². The number of hydrogen-bond donors (Lipinski definition) is 0. The highest BCUT2D eigenvalue weighted by molar-refractivity contribution is 6.43. The third-order valence-electron chi connectivity index (χ3n) is 11.5. The Balaban J connectivity index is 2.41. The highest BCUT2D eigenvalue weighted by atomic mass is 14.8. The summed E-state index contributed by atoms with van der Waals surface area (Å²) in [6.07, 6.45) is 42.4. The lowest BCUT2D eigenvalue weighted by molar-refractivity contribution is 0.541. The van der Waals surface area contributed by atoms with Crippen molar-refractivity contribution in [2.75, 3.05) is 0 Å². The van der Waals surface area contributed by atoms with E-state index in [1.54, 1.807) is 0 Å². The van der Waals surface area contributed by atoms with Crippen molar-refractivity contribution in [3.8, 4) is 0 Å². The molecule has 2 rings (SSSR count). The highest BCUT2D eigenvalue weighted by Gasteiger charge is 2.13. The summed E-state index contributed by atoms with van der Waals surface area (Å²) in [5, 5.41) is 0. The fourth-order valence-corrected chi connectivity index (χ4v) is 7.94. The average molecular weight is 755 g/mol. The number of aliphatic imine (C=N–C) groups is 2. The second kappa shape index (κ2) is 33.9. The normalized spacial score (nSPS) is 12.3. The van der Waals surface area contributed by atoms with Gasteiger partial charge in [-0.3, -0.25) is 9.98 Å². The molecule has 2 aromatic rings. The molecule has 0 aliphatic heterocycles. The summed E-state index contributed by atoms with van der Waals surface area (Å²) < 4.78 is 0. The largest absolute Gasteiger partial charge is 0.252 e. The molecule has 312 valence electrons. The predicted octanol–water partition coefficient (Wildman–Crippen LogP) is 18.1. The Kier molecular flexibility index (Phi) is 30.1. The van der Waals surface area contributed by atoms with Crippen LogP contribution < -0.4 is 0 Å². The molecule has 0 amide bonds. The second-order valence-electron chi connectivity index (χ2n) is 17.1. The Morgan fingerprint density at radius 2 is 0.527 bits per heavy atom. The van der Waals surface area contributed by atoms with Crippen LogP contribution in [-0.2, 0) is 25.7 Å². The zero-order valence-corrected chi connectivity index (χ0v) is 37.7. The van der Waals surface area contributed by atoms with Gasteiger partial charge in [0, 0.05) is 0 Å². The molecule has 0 fully saturated rings. The smallest absolute Gasteiger partial charge is 0.0639 e. The summed E-state index contributed by atoms with van der Waals surface area (Å²) >= 11 is 0. The fourth-order valence-electron chi connectivity index (χ4n) is 7.94. The topological polar surface area (TPSA) is 24.7 Å². The van der Waals surface area contributed by atoms with E-state index in [9.17, 15) is 0 Å². The van der Waals surface area contributed by atoms with E-state index in [1.807, 2.05) is 0 Å². The first-order valence-electron chi connectivity index (χ1n) is 24.5. The molecule has 0 heterocycles. The molecule has 2 heteroatoms. The monoisotopic (exact) mass is 755 g/mol. The molecule has 55 heavy (non-hydrogen) atoms. The number of unbranched alkanes of at least 4 members (excludes halogenated alkanes) is 21. The van der Waals surface area contributed by atoms with Crippen molar-refractivity contribution in [1.29, 1.82) is 0 Å². The van der Waals surface area contributed by atoms with Crippen LogP contribution in [0.4, 0.5) is 11.4 Å². The van der Waals surface area contributed by atoms with Crippen LogP contribution in [0, 0.1) is 0 Å². The van der Waals surface area contributed by atoms with Gasteiger partial charge in [0.15, 0.2) is 0 Å². The van der Waals surface area contributed by atoms with Crippen molar-refractivity contribution in [2.45, 2.75) is 253 Å². The maximum atomic E-state index is 5.65. The third-order valence-corrected chi connectivity index (χ3v) is 11.5. The van der Waals surface area contributed by atoms with Crippen LogP contribution in [0.2, 0.25) is 0 Å². The molecule has 0 atom stereocenters. The first-order chi connectivity index (χ1) is 27.1. The molecule has 0 unspecified atom stereocenters. The average Bonchev–Trinajstić information content (AvgIpc) is 3.19. The highest BCUT2D eigenvalue weighted by Crippen LogP contribution is 2.26. The molecule has 2 aromatic carbocycles. The lowest BCUT2D eigenvalue weighted by Crippen LogP contribution is -2.15. The van der Waals surface area contributed by atoms with E-state index in [1.165, 1.54) is 218 Å². The van der Waals surface area contributed by atoms with Gasteiger partial charge in [0.05, 0.1) is 22.8 Å². The quantitative estimate of drug-likeness (QED) is 0.0489. The van der Waals surface area contributed by atoms with Gasteiger partial charge in [-0.2, -0.15) is 0 Å². The van der Waals surface area contributed by atoms with Crippen molar-refractivity contribution >= 4 is 22.8 Å². The van der Waals surface area contributed by atoms with Gasteiger partial charge in [-0.1, -0.05) is 189 Å². The Morgan fingerprint density at radius 3 is 0.782 bits per heavy atom. The van der Waals surface area contributed by atoms with Gasteiger partial charge in [-0.25, -0.2) is 0 Å². The summed E-state index contributed by atoms with van der Waals surface area (Å²) in [5.41, 5.74) is 10.7.